The van der Waals surface area contributed by atoms with Crippen LogP contribution in [-0.4, -0.2) is 19.0 Å². The minimum Gasteiger partial charge on any atom is -0.466 e. The summed E-state index contributed by atoms with van der Waals surface area (Å²) < 4.78 is 9.64. The van der Waals surface area contributed by atoms with Gasteiger partial charge in [0.1, 0.15) is 0 Å². The van der Waals surface area contributed by atoms with Crippen molar-refractivity contribution in [1.29, 1.82) is 0 Å². The molecule has 1 unspecified atom stereocenters. The molecule has 0 radical (unpaired) electrons. The fourth-order valence-electron chi connectivity index (χ4n) is 1.42. The van der Waals surface area contributed by atoms with E-state index in [1.807, 2.05) is 0 Å². The Morgan fingerprint density at radius 3 is 2.37 bits per heavy atom. The normalized spacial score (nSPS) is 11.6. The highest BCUT2D eigenvalue weighted by molar-refractivity contribution is 6.42. The van der Waals surface area contributed by atoms with Crippen molar-refractivity contribution in [2.24, 2.45) is 0 Å². The predicted molar refractivity (Wildman–Crippen MR) is 72.1 cm³/mol. The molecular weight excluding hydrogens is 291 g/mol. The van der Waals surface area contributed by atoms with Gasteiger partial charge in [-0.15, -0.1) is 0 Å². The molecular formula is C13H12Cl2O4. The van der Waals surface area contributed by atoms with Crippen LogP contribution in [0.4, 0.5) is 0 Å². The van der Waals surface area contributed by atoms with Gasteiger partial charge in [0.05, 0.1) is 22.7 Å². The van der Waals surface area contributed by atoms with E-state index in [1.54, 1.807) is 12.1 Å². The highest BCUT2D eigenvalue weighted by atomic mass is 35.5. The van der Waals surface area contributed by atoms with Crippen LogP contribution in [0.5, 0.6) is 0 Å². The fourth-order valence-corrected chi connectivity index (χ4v) is 1.73. The van der Waals surface area contributed by atoms with Crippen LogP contribution in [0.25, 0.3) is 0 Å². The molecule has 0 amide bonds. The maximum atomic E-state index is 11.5. The van der Waals surface area contributed by atoms with E-state index in [-0.39, 0.29) is 10.6 Å². The van der Waals surface area contributed by atoms with Crippen LogP contribution in [-0.2, 0) is 19.1 Å². The molecule has 0 aromatic heterocycles. The van der Waals surface area contributed by atoms with Gasteiger partial charge in [0.25, 0.3) is 0 Å². The average Bonchev–Trinajstić information content (AvgIpc) is 2.37. The van der Waals surface area contributed by atoms with Crippen LogP contribution >= 0.6 is 23.2 Å². The minimum absolute atomic E-state index is 0.00362. The van der Waals surface area contributed by atoms with E-state index >= 15 is 0 Å². The number of methoxy groups -OCH3 is 1. The van der Waals surface area contributed by atoms with Crippen LogP contribution < -0.4 is 0 Å². The Morgan fingerprint density at radius 1 is 1.26 bits per heavy atom. The number of rotatable bonds is 4. The van der Waals surface area contributed by atoms with Gasteiger partial charge in [-0.25, -0.2) is 4.79 Å². The molecule has 102 valence electrons. The molecule has 0 spiro atoms. The smallest absolute Gasteiger partial charge is 0.337 e. The number of hydrogen-bond acceptors (Lipinski definition) is 4. The van der Waals surface area contributed by atoms with E-state index in [2.05, 4.69) is 11.3 Å². The number of ether oxygens (including phenoxy) is 2. The molecule has 0 saturated heterocycles. The van der Waals surface area contributed by atoms with Crippen LogP contribution in [0.3, 0.4) is 0 Å². The summed E-state index contributed by atoms with van der Waals surface area (Å²) in [6.07, 6.45) is -0.959. The van der Waals surface area contributed by atoms with Gasteiger partial charge in [0.15, 0.2) is 6.10 Å². The first-order chi connectivity index (χ1) is 8.86. The Labute approximate surface area is 120 Å². The second kappa shape index (κ2) is 6.59. The van der Waals surface area contributed by atoms with Crippen molar-refractivity contribution < 1.29 is 19.1 Å². The largest absolute Gasteiger partial charge is 0.466 e. The zero-order valence-corrected chi connectivity index (χ0v) is 11.9. The number of halogens is 2. The molecule has 0 heterocycles. The van der Waals surface area contributed by atoms with E-state index < -0.39 is 18.0 Å². The van der Waals surface area contributed by atoms with Crippen LogP contribution in [0.2, 0.25) is 10.0 Å². The van der Waals surface area contributed by atoms with Crippen LogP contribution in [0, 0.1) is 0 Å². The molecule has 19 heavy (non-hydrogen) atoms. The molecule has 1 aromatic rings. The third-order valence-corrected chi connectivity index (χ3v) is 3.03. The predicted octanol–water partition coefficient (Wildman–Crippen LogP) is 3.33. The third-order valence-electron chi connectivity index (χ3n) is 2.29. The van der Waals surface area contributed by atoms with Gasteiger partial charge in [0.2, 0.25) is 0 Å². The molecule has 1 atom stereocenters. The molecule has 0 N–H and O–H groups in total. The van der Waals surface area contributed by atoms with Crippen molar-refractivity contribution in [2.75, 3.05) is 7.11 Å². The lowest BCUT2D eigenvalue weighted by Crippen LogP contribution is -2.17. The Kier molecular flexibility index (Phi) is 5.39. The van der Waals surface area contributed by atoms with Crippen molar-refractivity contribution in [3.63, 3.8) is 0 Å². The Morgan fingerprint density at radius 2 is 1.89 bits per heavy atom. The van der Waals surface area contributed by atoms with Gasteiger partial charge in [-0.2, -0.15) is 0 Å². The molecule has 0 saturated carbocycles. The fraction of sp³-hybridized carbons (Fsp3) is 0.231. The van der Waals surface area contributed by atoms with E-state index in [0.717, 1.165) is 0 Å². The Balaban J connectivity index is 3.15. The SMILES string of the molecule is C=C(C(=O)OC)C(OC(C)=O)c1ccc(Cl)c(Cl)c1. The molecule has 1 aromatic carbocycles. The summed E-state index contributed by atoms with van der Waals surface area (Å²) in [6.45, 7) is 4.81. The lowest BCUT2D eigenvalue weighted by Gasteiger charge is -2.18. The quantitative estimate of drug-likeness (QED) is 0.632. The summed E-state index contributed by atoms with van der Waals surface area (Å²) in [5, 5.41) is 0.643. The standard InChI is InChI=1S/C13H12Cl2O4/c1-7(13(17)18-3)12(19-8(2)16)9-4-5-10(14)11(15)6-9/h4-6,12H,1H2,2-3H3. The second-order valence-corrected chi connectivity index (χ2v) is 4.49. The van der Waals surface area contributed by atoms with Crippen molar-refractivity contribution in [3.8, 4) is 0 Å². The summed E-state index contributed by atoms with van der Waals surface area (Å²) in [7, 11) is 1.22. The third kappa shape index (κ3) is 3.98. The highest BCUT2D eigenvalue weighted by Crippen LogP contribution is 2.31. The zero-order valence-electron chi connectivity index (χ0n) is 10.4. The van der Waals surface area contributed by atoms with Crippen molar-refractivity contribution in [2.45, 2.75) is 13.0 Å². The van der Waals surface area contributed by atoms with Gasteiger partial charge in [-0.05, 0) is 17.7 Å². The minimum atomic E-state index is -0.959. The first kappa shape index (κ1) is 15.5. The summed E-state index contributed by atoms with van der Waals surface area (Å²) in [5.74, 6) is -1.22. The second-order valence-electron chi connectivity index (χ2n) is 3.68. The number of carbonyl (C=O) groups excluding carboxylic acids is 2. The van der Waals surface area contributed by atoms with E-state index in [4.69, 9.17) is 27.9 Å². The number of esters is 2. The molecule has 0 aliphatic rings. The zero-order chi connectivity index (χ0) is 14.6. The number of carbonyl (C=O) groups is 2. The van der Waals surface area contributed by atoms with E-state index in [1.165, 1.54) is 20.1 Å². The molecule has 0 fully saturated rings. The summed E-state index contributed by atoms with van der Waals surface area (Å²) in [6, 6.07) is 4.64. The van der Waals surface area contributed by atoms with Gasteiger partial charge >= 0.3 is 11.9 Å². The molecule has 4 nitrogen and oxygen atoms in total. The van der Waals surface area contributed by atoms with Gasteiger partial charge < -0.3 is 9.47 Å². The van der Waals surface area contributed by atoms with E-state index in [9.17, 15) is 9.59 Å². The number of hydrogen-bond donors (Lipinski definition) is 0. The Bertz CT molecular complexity index is 525. The van der Waals surface area contributed by atoms with Gasteiger partial charge in [-0.1, -0.05) is 35.8 Å². The first-order valence-electron chi connectivity index (χ1n) is 5.26. The van der Waals surface area contributed by atoms with E-state index in [0.29, 0.717) is 10.6 Å². The van der Waals surface area contributed by atoms with Crippen molar-refractivity contribution in [3.05, 3.63) is 46.0 Å². The first-order valence-corrected chi connectivity index (χ1v) is 6.01. The lowest BCUT2D eigenvalue weighted by atomic mass is 10.0. The van der Waals surface area contributed by atoms with Crippen LogP contribution in [0.15, 0.2) is 30.4 Å². The number of benzene rings is 1. The lowest BCUT2D eigenvalue weighted by molar-refractivity contribution is -0.147. The molecule has 1 rings (SSSR count). The molecule has 0 bridgehead atoms. The maximum absolute atomic E-state index is 11.5. The Hall–Kier alpha value is -1.52. The van der Waals surface area contributed by atoms with Gasteiger partial charge in [0, 0.05) is 6.92 Å². The van der Waals surface area contributed by atoms with Crippen molar-refractivity contribution >= 4 is 35.1 Å². The van der Waals surface area contributed by atoms with Crippen molar-refractivity contribution in [1.82, 2.24) is 0 Å². The summed E-state index contributed by atoms with van der Waals surface area (Å²) >= 11 is 11.7. The van der Waals surface area contributed by atoms with Crippen LogP contribution in [0.1, 0.15) is 18.6 Å². The van der Waals surface area contributed by atoms with Gasteiger partial charge in [-0.3, -0.25) is 4.79 Å². The monoisotopic (exact) mass is 302 g/mol. The summed E-state index contributed by atoms with van der Waals surface area (Å²) in [5.41, 5.74) is 0.482. The summed E-state index contributed by atoms with van der Waals surface area (Å²) in [4.78, 5) is 22.6. The topological polar surface area (TPSA) is 52.6 Å². The maximum Gasteiger partial charge on any atom is 0.337 e. The molecule has 6 heteroatoms. The average molecular weight is 303 g/mol. The molecule has 0 aliphatic heterocycles. The molecule has 0 aliphatic carbocycles. The highest BCUT2D eigenvalue weighted by Gasteiger charge is 2.25.